The average Bonchev–Trinajstić information content (AvgIpc) is 2.68. The van der Waals surface area contributed by atoms with Crippen LogP contribution in [0.2, 0.25) is 0 Å². The fourth-order valence-corrected chi connectivity index (χ4v) is 2.85. The molecule has 9 heteroatoms. The maximum absolute atomic E-state index is 13.0. The molecule has 27 heavy (non-hydrogen) atoms. The third-order valence-corrected chi connectivity index (χ3v) is 4.27. The largest absolute Gasteiger partial charge is 0.368 e. The minimum Gasteiger partial charge on any atom is -0.368 e. The smallest absolute Gasteiger partial charge is 0.313 e. The molecule has 0 spiro atoms. The molecular weight excluding hydrogens is 355 g/mol. The lowest BCUT2D eigenvalue weighted by Gasteiger charge is -2.35. The van der Waals surface area contributed by atoms with Crippen LogP contribution >= 0.6 is 0 Å². The van der Waals surface area contributed by atoms with Crippen molar-refractivity contribution < 1.29 is 18.9 Å². The second kappa shape index (κ2) is 7.81. The van der Waals surface area contributed by atoms with Crippen LogP contribution in [0, 0.1) is 15.9 Å². The first-order valence-electron chi connectivity index (χ1n) is 8.29. The molecular formula is C18H17FN4O4. The number of anilines is 2. The highest BCUT2D eigenvalue weighted by Crippen LogP contribution is 2.18. The number of non-ortho nitro benzene ring substituents is 1. The van der Waals surface area contributed by atoms with Crippen molar-refractivity contribution in [2.75, 3.05) is 36.4 Å². The molecule has 0 radical (unpaired) electrons. The van der Waals surface area contributed by atoms with E-state index < -0.39 is 16.7 Å². The number of hydrogen-bond acceptors (Lipinski definition) is 5. The normalized spacial score (nSPS) is 14.0. The number of hydrogen-bond donors (Lipinski definition) is 1. The first kappa shape index (κ1) is 18.3. The highest BCUT2D eigenvalue weighted by atomic mass is 19.1. The lowest BCUT2D eigenvalue weighted by atomic mass is 10.2. The maximum Gasteiger partial charge on any atom is 0.313 e. The highest BCUT2D eigenvalue weighted by molar-refractivity contribution is 6.39. The summed E-state index contributed by atoms with van der Waals surface area (Å²) in [6.45, 7) is 1.72. The van der Waals surface area contributed by atoms with Gasteiger partial charge in [-0.2, -0.15) is 0 Å². The Morgan fingerprint density at radius 2 is 1.70 bits per heavy atom. The van der Waals surface area contributed by atoms with Gasteiger partial charge in [-0.05, 0) is 30.3 Å². The summed E-state index contributed by atoms with van der Waals surface area (Å²) in [6.07, 6.45) is 0. The summed E-state index contributed by atoms with van der Waals surface area (Å²) >= 11 is 0. The van der Waals surface area contributed by atoms with Gasteiger partial charge in [0.25, 0.3) is 5.69 Å². The third-order valence-electron chi connectivity index (χ3n) is 4.27. The van der Waals surface area contributed by atoms with E-state index in [0.717, 1.165) is 5.69 Å². The van der Waals surface area contributed by atoms with Crippen molar-refractivity contribution in [1.82, 2.24) is 4.90 Å². The van der Waals surface area contributed by atoms with E-state index in [2.05, 4.69) is 5.32 Å². The van der Waals surface area contributed by atoms with Crippen LogP contribution in [0.3, 0.4) is 0 Å². The minimum absolute atomic E-state index is 0.173. The van der Waals surface area contributed by atoms with E-state index in [9.17, 15) is 24.1 Å². The van der Waals surface area contributed by atoms with E-state index in [0.29, 0.717) is 26.2 Å². The third kappa shape index (κ3) is 4.38. The van der Waals surface area contributed by atoms with Gasteiger partial charge < -0.3 is 15.1 Å². The van der Waals surface area contributed by atoms with Crippen LogP contribution in [0.5, 0.6) is 0 Å². The number of nitro benzene ring substituents is 1. The average molecular weight is 372 g/mol. The summed E-state index contributed by atoms with van der Waals surface area (Å²) in [7, 11) is 0. The van der Waals surface area contributed by atoms with E-state index in [1.807, 2.05) is 4.90 Å². The van der Waals surface area contributed by atoms with Crippen molar-refractivity contribution in [3.63, 3.8) is 0 Å². The molecule has 2 aromatic rings. The van der Waals surface area contributed by atoms with Gasteiger partial charge in [-0.25, -0.2) is 4.39 Å². The Balaban J connectivity index is 1.57. The molecule has 8 nitrogen and oxygen atoms in total. The molecule has 1 aliphatic heterocycles. The number of amides is 2. The van der Waals surface area contributed by atoms with E-state index in [4.69, 9.17) is 0 Å². The predicted octanol–water partition coefficient (Wildman–Crippen LogP) is 2.02. The quantitative estimate of drug-likeness (QED) is 0.505. The first-order valence-corrected chi connectivity index (χ1v) is 8.29. The second-order valence-electron chi connectivity index (χ2n) is 6.02. The molecule has 0 saturated carbocycles. The molecule has 1 aliphatic rings. The molecule has 3 rings (SSSR count). The number of piperazine rings is 1. The summed E-state index contributed by atoms with van der Waals surface area (Å²) in [6, 6.07) is 11.5. The molecule has 2 amide bonds. The van der Waals surface area contributed by atoms with Gasteiger partial charge in [0.1, 0.15) is 5.82 Å². The predicted molar refractivity (Wildman–Crippen MR) is 96.9 cm³/mol. The van der Waals surface area contributed by atoms with Crippen LogP contribution in [-0.4, -0.2) is 47.8 Å². The number of carbonyl (C=O) groups is 2. The monoisotopic (exact) mass is 372 g/mol. The fourth-order valence-electron chi connectivity index (χ4n) is 2.85. The van der Waals surface area contributed by atoms with Gasteiger partial charge in [0.05, 0.1) is 4.92 Å². The van der Waals surface area contributed by atoms with Crippen molar-refractivity contribution in [2.24, 2.45) is 0 Å². The van der Waals surface area contributed by atoms with Crippen molar-refractivity contribution in [1.29, 1.82) is 0 Å². The Morgan fingerprint density at radius 1 is 1.04 bits per heavy atom. The van der Waals surface area contributed by atoms with Gasteiger partial charge in [-0.15, -0.1) is 0 Å². The molecule has 0 aliphatic carbocycles. The molecule has 1 fully saturated rings. The Labute approximate surface area is 154 Å². The number of rotatable bonds is 3. The summed E-state index contributed by atoms with van der Waals surface area (Å²) in [4.78, 5) is 38.1. The summed E-state index contributed by atoms with van der Waals surface area (Å²) in [5.41, 5.74) is 0.866. The van der Waals surface area contributed by atoms with Crippen molar-refractivity contribution in [3.05, 3.63) is 64.5 Å². The van der Waals surface area contributed by atoms with Gasteiger partial charge >= 0.3 is 11.8 Å². The number of nitro groups is 1. The topological polar surface area (TPSA) is 95.8 Å². The number of halogens is 1. The van der Waals surface area contributed by atoms with Crippen molar-refractivity contribution >= 4 is 28.9 Å². The van der Waals surface area contributed by atoms with Crippen molar-refractivity contribution in [2.45, 2.75) is 0 Å². The number of nitrogens with zero attached hydrogens (tertiary/aromatic N) is 3. The van der Waals surface area contributed by atoms with Gasteiger partial charge in [0.15, 0.2) is 0 Å². The molecule has 0 bridgehead atoms. The van der Waals surface area contributed by atoms with Crippen LogP contribution in [0.25, 0.3) is 0 Å². The minimum atomic E-state index is -0.842. The molecule has 1 saturated heterocycles. The standard InChI is InChI=1S/C18H17FN4O4/c19-13-4-6-15(7-5-13)21-8-10-22(11-9-21)18(25)17(24)20-14-2-1-3-16(12-14)23(26)27/h1-7,12H,8-11H2,(H,20,24). The Hall–Kier alpha value is -3.49. The van der Waals surface area contributed by atoms with Crippen molar-refractivity contribution in [3.8, 4) is 0 Å². The van der Waals surface area contributed by atoms with Crippen LogP contribution in [0.1, 0.15) is 0 Å². The molecule has 0 atom stereocenters. The summed E-state index contributed by atoms with van der Waals surface area (Å²) < 4.78 is 13.0. The van der Waals surface area contributed by atoms with E-state index in [1.54, 1.807) is 12.1 Å². The zero-order valence-corrected chi connectivity index (χ0v) is 14.3. The van der Waals surface area contributed by atoms with Crippen LogP contribution in [0.4, 0.5) is 21.5 Å². The molecule has 1 heterocycles. The zero-order valence-electron chi connectivity index (χ0n) is 14.3. The van der Waals surface area contributed by atoms with Gasteiger partial charge in [-0.1, -0.05) is 6.07 Å². The molecule has 1 N–H and O–H groups in total. The molecule has 140 valence electrons. The number of carbonyl (C=O) groups excluding carboxylic acids is 2. The van der Waals surface area contributed by atoms with E-state index in [-0.39, 0.29) is 17.2 Å². The maximum atomic E-state index is 13.0. The zero-order chi connectivity index (χ0) is 19.4. The lowest BCUT2D eigenvalue weighted by molar-refractivity contribution is -0.384. The van der Waals surface area contributed by atoms with Gasteiger partial charge in [-0.3, -0.25) is 19.7 Å². The lowest BCUT2D eigenvalue weighted by Crippen LogP contribution is -2.51. The Bertz CT molecular complexity index is 864. The molecule has 0 unspecified atom stereocenters. The van der Waals surface area contributed by atoms with Crippen LogP contribution < -0.4 is 10.2 Å². The SMILES string of the molecule is O=C(Nc1cccc([N+](=O)[O-])c1)C(=O)N1CCN(c2ccc(F)cc2)CC1. The molecule has 2 aromatic carbocycles. The first-order chi connectivity index (χ1) is 12.9. The van der Waals surface area contributed by atoms with Crippen LogP contribution in [-0.2, 0) is 9.59 Å². The fraction of sp³-hybridized carbons (Fsp3) is 0.222. The van der Waals surface area contributed by atoms with Crippen LogP contribution in [0.15, 0.2) is 48.5 Å². The molecule has 0 aromatic heterocycles. The second-order valence-corrected chi connectivity index (χ2v) is 6.02. The Kier molecular flexibility index (Phi) is 5.30. The van der Waals surface area contributed by atoms with E-state index in [1.165, 1.54) is 41.3 Å². The summed E-state index contributed by atoms with van der Waals surface area (Å²) in [5.74, 6) is -1.85. The van der Waals surface area contributed by atoms with Gasteiger partial charge in [0.2, 0.25) is 0 Å². The van der Waals surface area contributed by atoms with Gasteiger partial charge in [0, 0.05) is 49.7 Å². The number of nitrogens with one attached hydrogen (secondary N) is 1. The Morgan fingerprint density at radius 3 is 2.33 bits per heavy atom. The summed E-state index contributed by atoms with van der Waals surface area (Å²) in [5, 5.41) is 13.2. The van der Waals surface area contributed by atoms with E-state index >= 15 is 0 Å². The highest BCUT2D eigenvalue weighted by Gasteiger charge is 2.26. The number of benzene rings is 2.